The summed E-state index contributed by atoms with van der Waals surface area (Å²) in [4.78, 5) is 0. The number of rotatable bonds is 4. The van der Waals surface area contributed by atoms with E-state index in [0.717, 1.165) is 0 Å². The minimum absolute atomic E-state index is 0.0158. The van der Waals surface area contributed by atoms with E-state index in [2.05, 4.69) is 5.32 Å². The predicted octanol–water partition coefficient (Wildman–Crippen LogP) is 3.16. The number of likely N-dealkylation sites (N-methyl/N-ethyl adjacent to an activating group) is 1. The lowest BCUT2D eigenvalue weighted by atomic mass is 9.87. The SMILES string of the molecule is CCC(Cc1ccccc1)(NC)C(F)(F)F. The second kappa shape index (κ2) is 4.87. The fraction of sp³-hybridized carbons (Fsp3) is 0.500. The molecule has 0 heterocycles. The van der Waals surface area contributed by atoms with Crippen LogP contribution in [0.1, 0.15) is 18.9 Å². The van der Waals surface area contributed by atoms with Crippen LogP contribution in [0.25, 0.3) is 0 Å². The zero-order valence-corrected chi connectivity index (χ0v) is 9.43. The van der Waals surface area contributed by atoms with Gasteiger partial charge in [-0.2, -0.15) is 13.2 Å². The van der Waals surface area contributed by atoms with Crippen LogP contribution in [0.2, 0.25) is 0 Å². The molecule has 0 saturated carbocycles. The minimum Gasteiger partial charge on any atom is -0.306 e. The number of hydrogen-bond acceptors (Lipinski definition) is 1. The first-order valence-corrected chi connectivity index (χ1v) is 5.25. The predicted molar refractivity (Wildman–Crippen MR) is 58.3 cm³/mol. The molecule has 1 aromatic carbocycles. The van der Waals surface area contributed by atoms with Crippen molar-refractivity contribution < 1.29 is 13.2 Å². The van der Waals surface area contributed by atoms with Gasteiger partial charge in [-0.05, 0) is 25.5 Å². The van der Waals surface area contributed by atoms with Crippen LogP contribution in [0.15, 0.2) is 30.3 Å². The molecule has 90 valence electrons. The Labute approximate surface area is 93.7 Å². The van der Waals surface area contributed by atoms with Gasteiger partial charge in [-0.25, -0.2) is 0 Å². The number of benzene rings is 1. The average Bonchev–Trinajstić information content (AvgIpc) is 2.25. The van der Waals surface area contributed by atoms with Gasteiger partial charge in [-0.1, -0.05) is 37.3 Å². The van der Waals surface area contributed by atoms with E-state index >= 15 is 0 Å². The number of alkyl halides is 3. The van der Waals surface area contributed by atoms with Gasteiger partial charge in [-0.3, -0.25) is 0 Å². The third-order valence-corrected chi connectivity index (χ3v) is 2.97. The molecule has 1 N–H and O–H groups in total. The normalized spacial score (nSPS) is 15.8. The van der Waals surface area contributed by atoms with E-state index in [1.165, 1.54) is 7.05 Å². The smallest absolute Gasteiger partial charge is 0.306 e. The van der Waals surface area contributed by atoms with Gasteiger partial charge in [-0.15, -0.1) is 0 Å². The Morgan fingerprint density at radius 2 is 1.69 bits per heavy atom. The summed E-state index contributed by atoms with van der Waals surface area (Å²) >= 11 is 0. The van der Waals surface area contributed by atoms with Gasteiger partial charge >= 0.3 is 6.18 Å². The molecule has 16 heavy (non-hydrogen) atoms. The van der Waals surface area contributed by atoms with Crippen molar-refractivity contribution in [2.75, 3.05) is 7.05 Å². The zero-order valence-electron chi connectivity index (χ0n) is 9.43. The Bertz CT molecular complexity index is 315. The average molecular weight is 231 g/mol. The van der Waals surface area contributed by atoms with Crippen molar-refractivity contribution in [3.05, 3.63) is 35.9 Å². The van der Waals surface area contributed by atoms with Gasteiger partial charge in [0, 0.05) is 0 Å². The summed E-state index contributed by atoms with van der Waals surface area (Å²) in [5.74, 6) is 0. The molecule has 4 heteroatoms. The van der Waals surface area contributed by atoms with E-state index < -0.39 is 11.7 Å². The lowest BCUT2D eigenvalue weighted by Crippen LogP contribution is -2.56. The van der Waals surface area contributed by atoms with Gasteiger partial charge in [0.15, 0.2) is 0 Å². The van der Waals surface area contributed by atoms with Crippen LogP contribution in [-0.4, -0.2) is 18.8 Å². The van der Waals surface area contributed by atoms with Gasteiger partial charge in [0.1, 0.15) is 5.54 Å². The molecule has 1 atom stereocenters. The molecule has 0 aromatic heterocycles. The summed E-state index contributed by atoms with van der Waals surface area (Å²) in [5.41, 5.74) is -1.13. The lowest BCUT2D eigenvalue weighted by molar-refractivity contribution is -0.196. The number of halogens is 3. The highest BCUT2D eigenvalue weighted by atomic mass is 19.4. The van der Waals surface area contributed by atoms with Crippen molar-refractivity contribution in [1.29, 1.82) is 0 Å². The molecule has 0 saturated heterocycles. The maximum absolute atomic E-state index is 13.0. The summed E-state index contributed by atoms with van der Waals surface area (Å²) < 4.78 is 39.0. The molecule has 1 unspecified atom stereocenters. The summed E-state index contributed by atoms with van der Waals surface area (Å²) in [5, 5.41) is 2.43. The Kier molecular flexibility index (Phi) is 3.97. The van der Waals surface area contributed by atoms with Crippen molar-refractivity contribution in [1.82, 2.24) is 5.32 Å². The van der Waals surface area contributed by atoms with Crippen LogP contribution in [0.5, 0.6) is 0 Å². The molecule has 0 aliphatic carbocycles. The topological polar surface area (TPSA) is 12.0 Å². The van der Waals surface area contributed by atoms with Crippen molar-refractivity contribution in [2.24, 2.45) is 0 Å². The van der Waals surface area contributed by atoms with Crippen molar-refractivity contribution in [3.63, 3.8) is 0 Å². The molecule has 0 fully saturated rings. The van der Waals surface area contributed by atoms with E-state index in [0.29, 0.717) is 5.56 Å². The van der Waals surface area contributed by atoms with E-state index in [4.69, 9.17) is 0 Å². The van der Waals surface area contributed by atoms with Crippen LogP contribution in [0, 0.1) is 0 Å². The van der Waals surface area contributed by atoms with E-state index in [-0.39, 0.29) is 12.8 Å². The molecule has 1 nitrogen and oxygen atoms in total. The molecular formula is C12H16F3N. The van der Waals surface area contributed by atoms with E-state index in [1.54, 1.807) is 37.3 Å². The maximum Gasteiger partial charge on any atom is 0.406 e. The molecule has 0 amide bonds. The number of nitrogens with one attached hydrogen (secondary N) is 1. The Balaban J connectivity index is 2.96. The van der Waals surface area contributed by atoms with Crippen molar-refractivity contribution in [3.8, 4) is 0 Å². The summed E-state index contributed by atoms with van der Waals surface area (Å²) in [7, 11) is 1.36. The molecular weight excluding hydrogens is 215 g/mol. The molecule has 0 bridgehead atoms. The van der Waals surface area contributed by atoms with Crippen LogP contribution in [0.4, 0.5) is 13.2 Å². The van der Waals surface area contributed by atoms with Crippen molar-refractivity contribution in [2.45, 2.75) is 31.5 Å². The summed E-state index contributed by atoms with van der Waals surface area (Å²) in [6.07, 6.45) is -4.27. The molecule has 1 aromatic rings. The summed E-state index contributed by atoms with van der Waals surface area (Å²) in [6.45, 7) is 1.55. The van der Waals surface area contributed by atoms with Crippen LogP contribution in [-0.2, 0) is 6.42 Å². The maximum atomic E-state index is 13.0. The summed E-state index contributed by atoms with van der Waals surface area (Å²) in [6, 6.07) is 8.73. The second-order valence-corrected chi connectivity index (χ2v) is 3.85. The quantitative estimate of drug-likeness (QED) is 0.839. The zero-order chi connectivity index (χ0) is 12.2. The molecule has 1 rings (SSSR count). The monoisotopic (exact) mass is 231 g/mol. The third kappa shape index (κ3) is 2.55. The number of hydrogen-bond donors (Lipinski definition) is 1. The van der Waals surface area contributed by atoms with Gasteiger partial charge < -0.3 is 5.32 Å². The third-order valence-electron chi connectivity index (χ3n) is 2.97. The Hall–Kier alpha value is -1.03. The molecule has 0 aliphatic heterocycles. The Morgan fingerprint density at radius 1 is 1.12 bits per heavy atom. The highest BCUT2D eigenvalue weighted by Crippen LogP contribution is 2.35. The first-order chi connectivity index (χ1) is 7.45. The van der Waals surface area contributed by atoms with Gasteiger partial charge in [0.05, 0.1) is 0 Å². The first kappa shape index (κ1) is 13.0. The highest BCUT2D eigenvalue weighted by Gasteiger charge is 2.52. The Morgan fingerprint density at radius 3 is 2.06 bits per heavy atom. The van der Waals surface area contributed by atoms with Gasteiger partial charge in [0.2, 0.25) is 0 Å². The fourth-order valence-electron chi connectivity index (χ4n) is 1.78. The van der Waals surface area contributed by atoms with Crippen molar-refractivity contribution >= 4 is 0 Å². The standard InChI is InChI=1S/C12H16F3N/c1-3-11(16-2,12(13,14)15)9-10-7-5-4-6-8-10/h4-8,16H,3,9H2,1-2H3. The van der Waals surface area contributed by atoms with Crippen LogP contribution >= 0.6 is 0 Å². The molecule has 0 spiro atoms. The molecule has 0 radical (unpaired) electrons. The minimum atomic E-state index is -4.24. The lowest BCUT2D eigenvalue weighted by Gasteiger charge is -2.34. The fourth-order valence-corrected chi connectivity index (χ4v) is 1.78. The highest BCUT2D eigenvalue weighted by molar-refractivity contribution is 5.19. The van der Waals surface area contributed by atoms with Crippen LogP contribution < -0.4 is 5.32 Å². The van der Waals surface area contributed by atoms with E-state index in [1.807, 2.05) is 0 Å². The van der Waals surface area contributed by atoms with Gasteiger partial charge in [0.25, 0.3) is 0 Å². The second-order valence-electron chi connectivity index (χ2n) is 3.85. The first-order valence-electron chi connectivity index (χ1n) is 5.25. The van der Waals surface area contributed by atoms with E-state index in [9.17, 15) is 13.2 Å². The molecule has 0 aliphatic rings. The largest absolute Gasteiger partial charge is 0.406 e. The van der Waals surface area contributed by atoms with Crippen LogP contribution in [0.3, 0.4) is 0 Å².